The van der Waals surface area contributed by atoms with Crippen LogP contribution in [0.15, 0.2) is 54.1 Å². The molecule has 0 atom stereocenters. The molecule has 0 bridgehead atoms. The van der Waals surface area contributed by atoms with Gasteiger partial charge in [-0.05, 0) is 55.7 Å². The van der Waals surface area contributed by atoms with Crippen molar-refractivity contribution >= 4 is 28.7 Å². The van der Waals surface area contributed by atoms with Gasteiger partial charge in [0.2, 0.25) is 0 Å². The number of benzene rings is 1. The number of nitrogens with zero attached hydrogens (tertiary/aromatic N) is 1. The molecule has 0 fully saturated rings. The maximum atomic E-state index is 10.9. The second kappa shape index (κ2) is 7.38. The van der Waals surface area contributed by atoms with Crippen molar-refractivity contribution in [2.45, 2.75) is 33.7 Å². The fourth-order valence-electron chi connectivity index (χ4n) is 3.37. The molecule has 1 aliphatic rings. The molecule has 0 saturated carbocycles. The standard InChI is InChI=1S/C22H22ClNO2/c1-14(6-11-21(25)26)19-5-4-12-24-15(2)13-20(22(19)24)16(3)17-7-9-18(23)10-8-17/h4-10,13H,11-12H2,1-3H3,(H,25,26)/b14-6+,20-16+. The van der Waals surface area contributed by atoms with E-state index < -0.39 is 5.97 Å². The topological polar surface area (TPSA) is 42.2 Å². The molecule has 0 spiro atoms. The molecule has 26 heavy (non-hydrogen) atoms. The number of halogens is 1. The predicted octanol–water partition coefficient (Wildman–Crippen LogP) is 3.81. The average Bonchev–Trinajstić information content (AvgIpc) is 2.97. The van der Waals surface area contributed by atoms with E-state index in [-0.39, 0.29) is 6.42 Å². The Labute approximate surface area is 158 Å². The van der Waals surface area contributed by atoms with Gasteiger partial charge in [0.05, 0.1) is 11.8 Å². The molecule has 2 aromatic rings. The molecule has 0 amide bonds. The molecule has 3 nitrogen and oxygen atoms in total. The van der Waals surface area contributed by atoms with Crippen LogP contribution in [0.2, 0.25) is 5.02 Å². The SMILES string of the molecule is C/C(=C\CC(=O)O)C1=c2/c(=C(\C)c3ccc(Cl)cc3)cc(C)n2CC=C1. The van der Waals surface area contributed by atoms with Crippen molar-refractivity contribution in [2.75, 3.05) is 0 Å². The van der Waals surface area contributed by atoms with Crippen LogP contribution >= 0.6 is 11.6 Å². The Morgan fingerprint density at radius 3 is 2.62 bits per heavy atom. The highest BCUT2D eigenvalue weighted by molar-refractivity contribution is 6.30. The number of aryl methyl sites for hydroxylation is 1. The van der Waals surface area contributed by atoms with Gasteiger partial charge in [-0.25, -0.2) is 0 Å². The molecule has 0 saturated heterocycles. The van der Waals surface area contributed by atoms with E-state index in [1.807, 2.05) is 31.2 Å². The molecule has 4 heteroatoms. The Bertz CT molecular complexity index is 1040. The Morgan fingerprint density at radius 1 is 1.27 bits per heavy atom. The van der Waals surface area contributed by atoms with Gasteiger partial charge in [0.15, 0.2) is 0 Å². The number of aliphatic carboxylic acids is 1. The number of allylic oxidation sites excluding steroid dienone is 3. The van der Waals surface area contributed by atoms with Crippen LogP contribution in [0, 0.1) is 6.92 Å². The maximum Gasteiger partial charge on any atom is 0.307 e. The lowest BCUT2D eigenvalue weighted by atomic mass is 10.0. The van der Waals surface area contributed by atoms with Crippen LogP contribution in [0.1, 0.15) is 31.5 Å². The number of hydrogen-bond acceptors (Lipinski definition) is 1. The van der Waals surface area contributed by atoms with Crippen molar-refractivity contribution in [2.24, 2.45) is 0 Å². The Kier molecular flexibility index (Phi) is 5.19. The summed E-state index contributed by atoms with van der Waals surface area (Å²) in [4.78, 5) is 10.9. The van der Waals surface area contributed by atoms with Crippen LogP contribution < -0.4 is 10.6 Å². The lowest BCUT2D eigenvalue weighted by Gasteiger charge is -2.13. The molecule has 3 rings (SSSR count). The van der Waals surface area contributed by atoms with Crippen LogP contribution in [0.5, 0.6) is 0 Å². The number of carbonyl (C=O) groups is 1. The van der Waals surface area contributed by atoms with Crippen molar-refractivity contribution in [3.63, 3.8) is 0 Å². The van der Waals surface area contributed by atoms with E-state index in [9.17, 15) is 4.79 Å². The van der Waals surface area contributed by atoms with Crippen molar-refractivity contribution < 1.29 is 9.90 Å². The van der Waals surface area contributed by atoms with Gasteiger partial charge in [0, 0.05) is 28.1 Å². The zero-order valence-corrected chi connectivity index (χ0v) is 16.0. The minimum absolute atomic E-state index is 0.0259. The lowest BCUT2D eigenvalue weighted by Crippen LogP contribution is -2.34. The number of carboxylic acid groups (broad SMARTS) is 1. The van der Waals surface area contributed by atoms with Gasteiger partial charge >= 0.3 is 5.97 Å². The van der Waals surface area contributed by atoms with E-state index in [2.05, 4.69) is 36.6 Å². The third-order valence-electron chi connectivity index (χ3n) is 4.82. The number of carboxylic acids is 1. The minimum Gasteiger partial charge on any atom is -0.481 e. The monoisotopic (exact) mass is 367 g/mol. The van der Waals surface area contributed by atoms with Crippen LogP contribution in [0.3, 0.4) is 0 Å². The van der Waals surface area contributed by atoms with Crippen LogP contribution in [-0.4, -0.2) is 15.6 Å². The summed E-state index contributed by atoms with van der Waals surface area (Å²) in [6.07, 6.45) is 6.02. The largest absolute Gasteiger partial charge is 0.481 e. The molecule has 1 aliphatic heterocycles. The summed E-state index contributed by atoms with van der Waals surface area (Å²) in [5.41, 5.74) is 5.55. The summed E-state index contributed by atoms with van der Waals surface area (Å²) in [6.45, 7) is 7.02. The van der Waals surface area contributed by atoms with Crippen molar-refractivity contribution in [1.29, 1.82) is 0 Å². The van der Waals surface area contributed by atoms with E-state index >= 15 is 0 Å². The smallest absolute Gasteiger partial charge is 0.307 e. The number of fused-ring (bicyclic) bond motifs is 1. The molecular formula is C22H22ClNO2. The summed E-state index contributed by atoms with van der Waals surface area (Å²) in [6, 6.07) is 10.1. The molecule has 0 aliphatic carbocycles. The van der Waals surface area contributed by atoms with Crippen molar-refractivity contribution in [3.05, 3.63) is 81.0 Å². The van der Waals surface area contributed by atoms with Gasteiger partial charge < -0.3 is 9.67 Å². The van der Waals surface area contributed by atoms with E-state index in [1.54, 1.807) is 6.08 Å². The highest BCUT2D eigenvalue weighted by Crippen LogP contribution is 2.17. The molecule has 0 unspecified atom stereocenters. The maximum absolute atomic E-state index is 10.9. The third kappa shape index (κ3) is 3.54. The summed E-state index contributed by atoms with van der Waals surface area (Å²) in [7, 11) is 0. The molecular weight excluding hydrogens is 346 g/mol. The first-order valence-corrected chi connectivity index (χ1v) is 8.99. The summed E-state index contributed by atoms with van der Waals surface area (Å²) >= 11 is 6.02. The number of rotatable bonds is 4. The van der Waals surface area contributed by atoms with Gasteiger partial charge in [-0.2, -0.15) is 0 Å². The molecule has 134 valence electrons. The lowest BCUT2D eigenvalue weighted by molar-refractivity contribution is -0.136. The normalized spacial score (nSPS) is 15.1. The highest BCUT2D eigenvalue weighted by atomic mass is 35.5. The second-order valence-corrected chi connectivity index (χ2v) is 7.03. The highest BCUT2D eigenvalue weighted by Gasteiger charge is 2.12. The zero-order chi connectivity index (χ0) is 18.8. The second-order valence-electron chi connectivity index (χ2n) is 6.59. The summed E-state index contributed by atoms with van der Waals surface area (Å²) in [5.74, 6) is -0.819. The Balaban J connectivity index is 2.31. The number of hydrogen-bond donors (Lipinski definition) is 1. The molecule has 0 radical (unpaired) electrons. The zero-order valence-electron chi connectivity index (χ0n) is 15.2. The predicted molar refractivity (Wildman–Crippen MR) is 107 cm³/mol. The first-order valence-electron chi connectivity index (χ1n) is 8.61. The van der Waals surface area contributed by atoms with Gasteiger partial charge in [-0.3, -0.25) is 4.79 Å². The van der Waals surface area contributed by atoms with Crippen LogP contribution in [0.25, 0.3) is 11.1 Å². The van der Waals surface area contributed by atoms with E-state index in [4.69, 9.17) is 16.7 Å². The van der Waals surface area contributed by atoms with E-state index in [0.717, 1.165) is 33.6 Å². The average molecular weight is 368 g/mol. The van der Waals surface area contributed by atoms with Crippen molar-refractivity contribution in [1.82, 2.24) is 4.57 Å². The third-order valence-corrected chi connectivity index (χ3v) is 5.07. The summed E-state index contributed by atoms with van der Waals surface area (Å²) < 4.78 is 2.28. The number of aromatic nitrogens is 1. The van der Waals surface area contributed by atoms with Crippen LogP contribution in [-0.2, 0) is 11.3 Å². The molecule has 1 aromatic carbocycles. The van der Waals surface area contributed by atoms with Gasteiger partial charge in [0.25, 0.3) is 0 Å². The van der Waals surface area contributed by atoms with E-state index in [1.165, 1.54) is 16.5 Å². The molecule has 1 N–H and O–H groups in total. The molecule has 1 aromatic heterocycles. The van der Waals surface area contributed by atoms with Crippen LogP contribution in [0.4, 0.5) is 0 Å². The first-order chi connectivity index (χ1) is 12.4. The minimum atomic E-state index is -0.819. The summed E-state index contributed by atoms with van der Waals surface area (Å²) in [5, 5.41) is 12.0. The van der Waals surface area contributed by atoms with Gasteiger partial charge in [-0.15, -0.1) is 0 Å². The Hall–Kier alpha value is -2.52. The van der Waals surface area contributed by atoms with Crippen molar-refractivity contribution in [3.8, 4) is 0 Å². The quantitative estimate of drug-likeness (QED) is 0.892. The fourth-order valence-corrected chi connectivity index (χ4v) is 3.49. The first kappa shape index (κ1) is 18.3. The molecule has 2 heterocycles. The van der Waals surface area contributed by atoms with E-state index in [0.29, 0.717) is 0 Å². The fraction of sp³-hybridized carbons (Fsp3) is 0.227. The van der Waals surface area contributed by atoms with Gasteiger partial charge in [-0.1, -0.05) is 42.0 Å². The van der Waals surface area contributed by atoms with Gasteiger partial charge in [0.1, 0.15) is 0 Å². The Morgan fingerprint density at radius 2 is 1.96 bits per heavy atom.